The number of hydrogen-bond donors (Lipinski definition) is 3. The SMILES string of the molecule is CCOC1CC(NCC(C(N)=NO)C(F)(F)F)C1. The van der Waals surface area contributed by atoms with E-state index in [1.807, 2.05) is 6.92 Å². The van der Waals surface area contributed by atoms with Crippen molar-refractivity contribution in [2.24, 2.45) is 16.8 Å². The van der Waals surface area contributed by atoms with Crippen LogP contribution >= 0.6 is 0 Å². The Morgan fingerprint density at radius 1 is 1.56 bits per heavy atom. The summed E-state index contributed by atoms with van der Waals surface area (Å²) < 4.78 is 43.1. The second-order valence-electron chi connectivity index (χ2n) is 4.27. The van der Waals surface area contributed by atoms with E-state index in [0.29, 0.717) is 19.4 Å². The third-order valence-corrected chi connectivity index (χ3v) is 2.98. The van der Waals surface area contributed by atoms with E-state index in [1.165, 1.54) is 0 Å². The fourth-order valence-corrected chi connectivity index (χ4v) is 1.85. The summed E-state index contributed by atoms with van der Waals surface area (Å²) in [5, 5.41) is 13.5. The Kier molecular flexibility index (Phi) is 5.21. The first kappa shape index (κ1) is 15.0. The number of amidine groups is 1. The monoisotopic (exact) mass is 269 g/mol. The number of alkyl halides is 3. The highest BCUT2D eigenvalue weighted by Gasteiger charge is 2.43. The summed E-state index contributed by atoms with van der Waals surface area (Å²) in [5.41, 5.74) is 5.04. The lowest BCUT2D eigenvalue weighted by molar-refractivity contribution is -0.155. The van der Waals surface area contributed by atoms with Crippen molar-refractivity contribution in [3.8, 4) is 0 Å². The largest absolute Gasteiger partial charge is 0.409 e. The van der Waals surface area contributed by atoms with Gasteiger partial charge >= 0.3 is 6.18 Å². The van der Waals surface area contributed by atoms with Gasteiger partial charge in [-0.2, -0.15) is 13.2 Å². The topological polar surface area (TPSA) is 79.9 Å². The molecule has 0 aliphatic heterocycles. The van der Waals surface area contributed by atoms with Crippen LogP contribution in [-0.2, 0) is 4.74 Å². The molecule has 5 nitrogen and oxygen atoms in total. The van der Waals surface area contributed by atoms with Gasteiger partial charge in [0.2, 0.25) is 0 Å². The van der Waals surface area contributed by atoms with Crippen LogP contribution in [0.3, 0.4) is 0 Å². The number of ether oxygens (including phenoxy) is 1. The van der Waals surface area contributed by atoms with Gasteiger partial charge in [0.25, 0.3) is 0 Å². The van der Waals surface area contributed by atoms with Crippen molar-refractivity contribution in [1.82, 2.24) is 5.32 Å². The Hall–Kier alpha value is -1.02. The van der Waals surface area contributed by atoms with E-state index in [0.717, 1.165) is 0 Å². The van der Waals surface area contributed by atoms with E-state index < -0.39 is 17.9 Å². The second-order valence-corrected chi connectivity index (χ2v) is 4.27. The molecule has 8 heteroatoms. The zero-order chi connectivity index (χ0) is 13.8. The van der Waals surface area contributed by atoms with Crippen LogP contribution in [-0.4, -0.2) is 42.5 Å². The standard InChI is InChI=1S/C10H18F3N3O2/c1-2-18-7-3-6(4-7)15-5-8(9(14)16-17)10(11,12)13/h6-8,15,17H,2-5H2,1H3,(H2,14,16). The average Bonchev–Trinajstić information content (AvgIpc) is 2.23. The van der Waals surface area contributed by atoms with Crippen molar-refractivity contribution >= 4 is 5.84 Å². The Morgan fingerprint density at radius 2 is 2.17 bits per heavy atom. The number of halogens is 3. The minimum Gasteiger partial charge on any atom is -0.409 e. The molecule has 0 aromatic heterocycles. The highest BCUT2D eigenvalue weighted by molar-refractivity contribution is 5.83. The first-order valence-electron chi connectivity index (χ1n) is 5.77. The summed E-state index contributed by atoms with van der Waals surface area (Å²) in [6.45, 7) is 2.09. The van der Waals surface area contributed by atoms with Gasteiger partial charge in [0.05, 0.1) is 6.10 Å². The Bertz CT molecular complexity index is 291. The highest BCUT2D eigenvalue weighted by Crippen LogP contribution is 2.28. The second kappa shape index (κ2) is 6.24. The fourth-order valence-electron chi connectivity index (χ4n) is 1.85. The molecule has 1 aliphatic carbocycles. The predicted molar refractivity (Wildman–Crippen MR) is 59.4 cm³/mol. The van der Waals surface area contributed by atoms with Crippen LogP contribution < -0.4 is 11.1 Å². The number of nitrogens with one attached hydrogen (secondary N) is 1. The van der Waals surface area contributed by atoms with Gasteiger partial charge in [-0.05, 0) is 19.8 Å². The van der Waals surface area contributed by atoms with Crippen molar-refractivity contribution < 1.29 is 23.1 Å². The molecule has 18 heavy (non-hydrogen) atoms. The molecule has 0 heterocycles. The smallest absolute Gasteiger partial charge is 0.400 e. The molecule has 4 N–H and O–H groups in total. The number of oxime groups is 1. The Balaban J connectivity index is 2.36. The van der Waals surface area contributed by atoms with Crippen LogP contribution in [0.25, 0.3) is 0 Å². The van der Waals surface area contributed by atoms with Crippen molar-refractivity contribution in [2.75, 3.05) is 13.2 Å². The normalized spacial score (nSPS) is 26.8. The van der Waals surface area contributed by atoms with E-state index in [-0.39, 0.29) is 18.7 Å². The number of hydrogen-bond acceptors (Lipinski definition) is 4. The molecule has 1 saturated carbocycles. The molecule has 0 saturated heterocycles. The molecule has 0 spiro atoms. The molecule has 1 fully saturated rings. The van der Waals surface area contributed by atoms with E-state index in [1.54, 1.807) is 0 Å². The fraction of sp³-hybridized carbons (Fsp3) is 0.900. The molecule has 1 rings (SSSR count). The molecule has 106 valence electrons. The number of nitrogens with two attached hydrogens (primary N) is 1. The summed E-state index contributed by atoms with van der Waals surface area (Å²) in [5.74, 6) is -2.79. The third kappa shape index (κ3) is 4.02. The Morgan fingerprint density at radius 3 is 2.61 bits per heavy atom. The molecule has 1 unspecified atom stereocenters. The Labute approximate surface area is 103 Å². The van der Waals surface area contributed by atoms with Crippen LogP contribution in [0, 0.1) is 5.92 Å². The zero-order valence-electron chi connectivity index (χ0n) is 10.1. The van der Waals surface area contributed by atoms with Gasteiger partial charge in [-0.15, -0.1) is 0 Å². The van der Waals surface area contributed by atoms with Gasteiger partial charge < -0.3 is 21.0 Å². The maximum Gasteiger partial charge on any atom is 0.400 e. The van der Waals surface area contributed by atoms with Crippen LogP contribution in [0.5, 0.6) is 0 Å². The number of nitrogens with zero attached hydrogens (tertiary/aromatic N) is 1. The lowest BCUT2D eigenvalue weighted by atomic mass is 9.88. The molecular formula is C10H18F3N3O2. The van der Waals surface area contributed by atoms with Crippen molar-refractivity contribution in [3.05, 3.63) is 0 Å². The molecule has 0 amide bonds. The molecule has 0 bridgehead atoms. The van der Waals surface area contributed by atoms with Gasteiger partial charge in [-0.25, -0.2) is 0 Å². The van der Waals surface area contributed by atoms with Gasteiger partial charge in [-0.1, -0.05) is 5.16 Å². The van der Waals surface area contributed by atoms with Gasteiger partial charge in [-0.3, -0.25) is 0 Å². The van der Waals surface area contributed by atoms with Crippen LogP contribution in [0.2, 0.25) is 0 Å². The van der Waals surface area contributed by atoms with Gasteiger partial charge in [0, 0.05) is 19.2 Å². The minimum absolute atomic E-state index is 0.00195. The van der Waals surface area contributed by atoms with Crippen LogP contribution in [0.15, 0.2) is 5.16 Å². The van der Waals surface area contributed by atoms with Crippen molar-refractivity contribution in [2.45, 2.75) is 38.1 Å². The maximum absolute atomic E-state index is 12.6. The third-order valence-electron chi connectivity index (χ3n) is 2.98. The molecule has 1 aliphatic rings. The minimum atomic E-state index is -4.52. The first-order chi connectivity index (χ1) is 8.38. The predicted octanol–water partition coefficient (Wildman–Crippen LogP) is 1.07. The molecule has 1 atom stereocenters. The lowest BCUT2D eigenvalue weighted by Crippen LogP contribution is -2.50. The van der Waals surface area contributed by atoms with E-state index in [4.69, 9.17) is 15.7 Å². The lowest BCUT2D eigenvalue weighted by Gasteiger charge is -2.36. The van der Waals surface area contributed by atoms with Crippen molar-refractivity contribution in [3.63, 3.8) is 0 Å². The number of rotatable bonds is 6. The van der Waals surface area contributed by atoms with E-state index >= 15 is 0 Å². The first-order valence-corrected chi connectivity index (χ1v) is 5.77. The summed E-state index contributed by atoms with van der Waals surface area (Å²) >= 11 is 0. The molecule has 0 aromatic rings. The summed E-state index contributed by atoms with van der Waals surface area (Å²) in [6, 6.07) is -0.00195. The summed E-state index contributed by atoms with van der Waals surface area (Å²) in [6.07, 6.45) is -3.02. The molecule has 0 radical (unpaired) electrons. The van der Waals surface area contributed by atoms with E-state index in [2.05, 4.69) is 10.5 Å². The van der Waals surface area contributed by atoms with Crippen LogP contribution in [0.4, 0.5) is 13.2 Å². The van der Waals surface area contributed by atoms with Crippen LogP contribution in [0.1, 0.15) is 19.8 Å². The maximum atomic E-state index is 12.6. The highest BCUT2D eigenvalue weighted by atomic mass is 19.4. The van der Waals surface area contributed by atoms with Gasteiger partial charge in [0.1, 0.15) is 5.92 Å². The zero-order valence-corrected chi connectivity index (χ0v) is 10.1. The molecule has 0 aromatic carbocycles. The average molecular weight is 269 g/mol. The molecular weight excluding hydrogens is 251 g/mol. The quantitative estimate of drug-likeness (QED) is 0.291. The summed E-state index contributed by atoms with van der Waals surface area (Å²) in [7, 11) is 0. The van der Waals surface area contributed by atoms with Gasteiger partial charge in [0.15, 0.2) is 5.84 Å². The van der Waals surface area contributed by atoms with E-state index in [9.17, 15) is 13.2 Å². The summed E-state index contributed by atoms with van der Waals surface area (Å²) in [4.78, 5) is 0. The van der Waals surface area contributed by atoms with Crippen molar-refractivity contribution in [1.29, 1.82) is 0 Å².